The molecular weight excluding hydrogens is 292 g/mol. The van der Waals surface area contributed by atoms with Crippen LogP contribution in [0.2, 0.25) is 5.02 Å². The summed E-state index contributed by atoms with van der Waals surface area (Å²) < 4.78 is 24.0. The molecule has 0 amide bonds. The van der Waals surface area contributed by atoms with Crippen molar-refractivity contribution in [3.63, 3.8) is 0 Å². The zero-order valence-corrected chi connectivity index (χ0v) is 12.8. The maximum atomic E-state index is 12.2. The summed E-state index contributed by atoms with van der Waals surface area (Å²) in [5.41, 5.74) is 0.859. The van der Waals surface area contributed by atoms with E-state index in [9.17, 15) is 13.2 Å². The van der Waals surface area contributed by atoms with Gasteiger partial charge in [-0.3, -0.25) is 9.48 Å². The summed E-state index contributed by atoms with van der Waals surface area (Å²) in [6.07, 6.45) is 0. The standard InChI is InChI=1S/C11H17ClN2O4S/c1-5-14-8(9(12)7(2)13-14)6-19(17,18)11(3,4)10(15)16/h5-6H2,1-4H3,(H,15,16). The Morgan fingerprint density at radius 3 is 2.42 bits per heavy atom. The summed E-state index contributed by atoms with van der Waals surface area (Å²) in [6.45, 7) is 6.27. The molecule has 1 N–H and O–H groups in total. The fraction of sp³-hybridized carbons (Fsp3) is 0.636. The lowest BCUT2D eigenvalue weighted by Crippen LogP contribution is -2.41. The van der Waals surface area contributed by atoms with E-state index in [1.807, 2.05) is 0 Å². The molecule has 0 saturated heterocycles. The van der Waals surface area contributed by atoms with Crippen LogP contribution < -0.4 is 0 Å². The zero-order valence-electron chi connectivity index (χ0n) is 11.3. The van der Waals surface area contributed by atoms with Gasteiger partial charge in [0.1, 0.15) is 0 Å². The summed E-state index contributed by atoms with van der Waals surface area (Å²) in [4.78, 5) is 11.1. The molecule has 0 aliphatic heterocycles. The van der Waals surface area contributed by atoms with Crippen LogP contribution >= 0.6 is 11.6 Å². The second kappa shape index (κ2) is 5.13. The molecule has 8 heteroatoms. The molecule has 0 fully saturated rings. The monoisotopic (exact) mass is 308 g/mol. The van der Waals surface area contributed by atoms with Gasteiger partial charge in [-0.15, -0.1) is 0 Å². The maximum absolute atomic E-state index is 12.2. The maximum Gasteiger partial charge on any atom is 0.324 e. The quantitative estimate of drug-likeness (QED) is 0.893. The molecule has 0 aliphatic rings. The van der Waals surface area contributed by atoms with Crippen molar-refractivity contribution in [1.82, 2.24) is 9.78 Å². The van der Waals surface area contributed by atoms with Gasteiger partial charge in [-0.05, 0) is 27.7 Å². The third-order valence-electron chi connectivity index (χ3n) is 3.07. The van der Waals surface area contributed by atoms with Crippen LogP contribution in [0.3, 0.4) is 0 Å². The number of nitrogens with zero attached hydrogens (tertiary/aromatic N) is 2. The SMILES string of the molecule is CCn1nc(C)c(Cl)c1CS(=O)(=O)C(C)(C)C(=O)O. The number of aryl methyl sites for hydroxylation is 2. The third kappa shape index (κ3) is 2.76. The highest BCUT2D eigenvalue weighted by atomic mass is 35.5. The number of hydrogen-bond donors (Lipinski definition) is 1. The van der Waals surface area contributed by atoms with Gasteiger partial charge in [0.15, 0.2) is 14.6 Å². The number of halogens is 1. The van der Waals surface area contributed by atoms with Crippen molar-refractivity contribution in [2.45, 2.75) is 44.7 Å². The van der Waals surface area contributed by atoms with E-state index in [-0.39, 0.29) is 5.02 Å². The molecule has 0 radical (unpaired) electrons. The van der Waals surface area contributed by atoms with Crippen LogP contribution in [0, 0.1) is 6.92 Å². The lowest BCUT2D eigenvalue weighted by Gasteiger charge is -2.20. The van der Waals surface area contributed by atoms with Gasteiger partial charge in [-0.1, -0.05) is 11.6 Å². The molecule has 1 rings (SSSR count). The summed E-state index contributed by atoms with van der Waals surface area (Å²) in [6, 6.07) is 0. The van der Waals surface area contributed by atoms with E-state index in [1.54, 1.807) is 13.8 Å². The number of carboxylic acid groups (broad SMARTS) is 1. The van der Waals surface area contributed by atoms with Crippen molar-refractivity contribution in [3.8, 4) is 0 Å². The molecule has 6 nitrogen and oxygen atoms in total. The van der Waals surface area contributed by atoms with Crippen molar-refractivity contribution < 1.29 is 18.3 Å². The molecule has 0 aliphatic carbocycles. The number of aromatic nitrogens is 2. The minimum absolute atomic E-state index is 0.270. The van der Waals surface area contributed by atoms with E-state index >= 15 is 0 Å². The van der Waals surface area contributed by atoms with Crippen molar-refractivity contribution in [1.29, 1.82) is 0 Å². The van der Waals surface area contributed by atoms with Gasteiger partial charge in [0.05, 0.1) is 22.2 Å². The average Bonchev–Trinajstić information content (AvgIpc) is 2.55. The highest BCUT2D eigenvalue weighted by Gasteiger charge is 2.42. The molecule has 108 valence electrons. The fourth-order valence-corrected chi connectivity index (χ4v) is 3.06. The molecule has 0 unspecified atom stereocenters. The van der Waals surface area contributed by atoms with Gasteiger partial charge >= 0.3 is 5.97 Å². The molecule has 0 saturated carbocycles. The Morgan fingerprint density at radius 2 is 2.00 bits per heavy atom. The first-order chi connectivity index (χ1) is 8.54. The van der Waals surface area contributed by atoms with Crippen LogP contribution in [0.25, 0.3) is 0 Å². The van der Waals surface area contributed by atoms with Crippen molar-refractivity contribution in [2.24, 2.45) is 0 Å². The Labute approximate surface area is 117 Å². The third-order valence-corrected chi connectivity index (χ3v) is 5.95. The van der Waals surface area contributed by atoms with Gasteiger partial charge < -0.3 is 5.11 Å². The number of hydrogen-bond acceptors (Lipinski definition) is 4. The highest BCUT2D eigenvalue weighted by Crippen LogP contribution is 2.27. The van der Waals surface area contributed by atoms with E-state index < -0.39 is 26.3 Å². The van der Waals surface area contributed by atoms with Gasteiger partial charge in [0.25, 0.3) is 0 Å². The summed E-state index contributed by atoms with van der Waals surface area (Å²) in [5, 5.41) is 13.4. The van der Waals surface area contributed by atoms with Crippen LogP contribution in [0.4, 0.5) is 0 Å². The molecule has 19 heavy (non-hydrogen) atoms. The van der Waals surface area contributed by atoms with Crippen LogP contribution in [-0.2, 0) is 26.9 Å². The van der Waals surface area contributed by atoms with E-state index in [0.717, 1.165) is 13.8 Å². The predicted molar refractivity (Wildman–Crippen MR) is 72.0 cm³/mol. The predicted octanol–water partition coefficient (Wildman–Crippen LogP) is 1.64. The van der Waals surface area contributed by atoms with Crippen LogP contribution in [0.15, 0.2) is 0 Å². The number of carboxylic acids is 1. The smallest absolute Gasteiger partial charge is 0.324 e. The molecule has 1 aromatic heterocycles. The average molecular weight is 309 g/mol. The zero-order chi connectivity index (χ0) is 15.0. The van der Waals surface area contributed by atoms with Crippen LogP contribution in [0.1, 0.15) is 32.2 Å². The Bertz CT molecular complexity index is 604. The van der Waals surface area contributed by atoms with Crippen molar-refractivity contribution in [2.75, 3.05) is 0 Å². The second-order valence-corrected chi connectivity index (χ2v) is 7.65. The molecule has 0 bridgehead atoms. The van der Waals surface area contributed by atoms with Gasteiger partial charge in [0, 0.05) is 6.54 Å². The fourth-order valence-electron chi connectivity index (χ4n) is 1.50. The Hall–Kier alpha value is -1.08. The van der Waals surface area contributed by atoms with Crippen LogP contribution in [-0.4, -0.2) is 34.0 Å². The van der Waals surface area contributed by atoms with E-state index in [0.29, 0.717) is 17.9 Å². The molecule has 0 aromatic carbocycles. The van der Waals surface area contributed by atoms with E-state index in [2.05, 4.69) is 5.10 Å². The number of aliphatic carboxylic acids is 1. The minimum Gasteiger partial charge on any atom is -0.480 e. The minimum atomic E-state index is -3.90. The molecular formula is C11H17ClN2O4S. The lowest BCUT2D eigenvalue weighted by molar-refractivity contribution is -0.139. The van der Waals surface area contributed by atoms with Gasteiger partial charge in [0.2, 0.25) is 0 Å². The molecule has 1 aromatic rings. The Morgan fingerprint density at radius 1 is 1.47 bits per heavy atom. The molecule has 0 atom stereocenters. The van der Waals surface area contributed by atoms with Crippen molar-refractivity contribution in [3.05, 3.63) is 16.4 Å². The number of carbonyl (C=O) groups is 1. The van der Waals surface area contributed by atoms with Crippen molar-refractivity contribution >= 4 is 27.4 Å². The first kappa shape index (κ1) is 16.0. The van der Waals surface area contributed by atoms with E-state index in [4.69, 9.17) is 16.7 Å². The summed E-state index contributed by atoms with van der Waals surface area (Å²) >= 11 is 6.03. The topological polar surface area (TPSA) is 89.3 Å². The van der Waals surface area contributed by atoms with Gasteiger partial charge in [-0.25, -0.2) is 8.42 Å². The first-order valence-corrected chi connectivity index (χ1v) is 7.75. The Balaban J connectivity index is 3.27. The highest BCUT2D eigenvalue weighted by molar-refractivity contribution is 7.92. The normalized spacial score (nSPS) is 12.7. The lowest BCUT2D eigenvalue weighted by atomic mass is 10.2. The largest absolute Gasteiger partial charge is 0.480 e. The van der Waals surface area contributed by atoms with E-state index in [1.165, 1.54) is 4.68 Å². The molecule has 0 spiro atoms. The Kier molecular flexibility index (Phi) is 4.31. The summed E-state index contributed by atoms with van der Waals surface area (Å²) in [5.74, 6) is -1.83. The second-order valence-electron chi connectivity index (χ2n) is 4.74. The number of rotatable bonds is 5. The van der Waals surface area contributed by atoms with Gasteiger partial charge in [-0.2, -0.15) is 5.10 Å². The number of sulfone groups is 1. The summed E-state index contributed by atoms with van der Waals surface area (Å²) in [7, 11) is -3.90. The molecule has 1 heterocycles. The van der Waals surface area contributed by atoms with Crippen LogP contribution in [0.5, 0.6) is 0 Å². The first-order valence-electron chi connectivity index (χ1n) is 5.72.